The number of para-hydroxylation sites is 1. The highest BCUT2D eigenvalue weighted by atomic mass is 79.9. The number of hydrogen-bond acceptors (Lipinski definition) is 2. The van der Waals surface area contributed by atoms with Crippen LogP contribution < -0.4 is 4.90 Å². The van der Waals surface area contributed by atoms with E-state index < -0.39 is 4.45 Å². The minimum atomic E-state index is -0.513. The van der Waals surface area contributed by atoms with Gasteiger partial charge in [0.05, 0.1) is 0 Å². The highest BCUT2D eigenvalue weighted by molar-refractivity contribution is 9.10. The summed E-state index contributed by atoms with van der Waals surface area (Å²) >= 11 is 3.49. The third kappa shape index (κ3) is 1.36. The van der Waals surface area contributed by atoms with Gasteiger partial charge in [0.1, 0.15) is 0 Å². The summed E-state index contributed by atoms with van der Waals surface area (Å²) in [5.41, 5.74) is 2.45. The third-order valence-corrected chi connectivity index (χ3v) is 3.95. The second-order valence-electron chi connectivity index (χ2n) is 3.62. The number of aldehydes is 1. The summed E-state index contributed by atoms with van der Waals surface area (Å²) in [6, 6.07) is 8.20. The predicted octanol–water partition coefficient (Wildman–Crippen LogP) is 2.36. The van der Waals surface area contributed by atoms with Gasteiger partial charge < -0.3 is 4.90 Å². The lowest BCUT2D eigenvalue weighted by Gasteiger charge is -2.39. The van der Waals surface area contributed by atoms with Crippen molar-refractivity contribution in [2.24, 2.45) is 0 Å². The molecule has 14 heavy (non-hydrogen) atoms. The Labute approximate surface area is 92.0 Å². The van der Waals surface area contributed by atoms with Gasteiger partial charge in [0.25, 0.3) is 0 Å². The lowest BCUT2D eigenvalue weighted by molar-refractivity contribution is -0.109. The van der Waals surface area contributed by atoms with Gasteiger partial charge in [0.15, 0.2) is 10.7 Å². The zero-order valence-electron chi connectivity index (χ0n) is 8.03. The second kappa shape index (κ2) is 3.39. The predicted molar refractivity (Wildman–Crippen MR) is 60.9 cm³/mol. The molecule has 0 saturated carbocycles. The SMILES string of the molecule is CN1c2ccccc2CCC1(Br)C=O. The molecule has 0 aromatic heterocycles. The molecule has 74 valence electrons. The molecule has 0 bridgehead atoms. The molecule has 0 saturated heterocycles. The lowest BCUT2D eigenvalue weighted by atomic mass is 9.97. The zero-order chi connectivity index (χ0) is 10.2. The molecular formula is C11H12BrNO. The number of aryl methyl sites for hydroxylation is 1. The van der Waals surface area contributed by atoms with E-state index in [-0.39, 0.29) is 0 Å². The Morgan fingerprint density at radius 1 is 1.50 bits per heavy atom. The van der Waals surface area contributed by atoms with Gasteiger partial charge in [-0.2, -0.15) is 0 Å². The van der Waals surface area contributed by atoms with Gasteiger partial charge in [0.2, 0.25) is 0 Å². The molecule has 0 aliphatic carbocycles. The number of rotatable bonds is 1. The first-order valence-electron chi connectivity index (χ1n) is 4.64. The van der Waals surface area contributed by atoms with Crippen LogP contribution in [-0.2, 0) is 11.2 Å². The Morgan fingerprint density at radius 2 is 2.21 bits per heavy atom. The normalized spacial score (nSPS) is 25.7. The smallest absolute Gasteiger partial charge is 0.156 e. The highest BCUT2D eigenvalue weighted by Crippen LogP contribution is 2.37. The van der Waals surface area contributed by atoms with Crippen molar-refractivity contribution in [1.82, 2.24) is 0 Å². The third-order valence-electron chi connectivity index (χ3n) is 2.84. The van der Waals surface area contributed by atoms with Crippen molar-refractivity contribution in [1.29, 1.82) is 0 Å². The van der Waals surface area contributed by atoms with Gasteiger partial charge >= 0.3 is 0 Å². The van der Waals surface area contributed by atoms with Crippen LogP contribution in [0.15, 0.2) is 24.3 Å². The summed E-state index contributed by atoms with van der Waals surface area (Å²) in [6.45, 7) is 0. The van der Waals surface area contributed by atoms with Crippen molar-refractivity contribution in [3.63, 3.8) is 0 Å². The van der Waals surface area contributed by atoms with Gasteiger partial charge in [-0.25, -0.2) is 0 Å². The molecule has 1 aliphatic rings. The molecule has 1 heterocycles. The minimum Gasteiger partial charge on any atom is -0.353 e. The van der Waals surface area contributed by atoms with Gasteiger partial charge in [-0.1, -0.05) is 34.1 Å². The van der Waals surface area contributed by atoms with E-state index in [2.05, 4.69) is 22.0 Å². The van der Waals surface area contributed by atoms with Crippen molar-refractivity contribution < 1.29 is 4.79 Å². The number of hydrogen-bond donors (Lipinski definition) is 0. The van der Waals surface area contributed by atoms with Crippen molar-refractivity contribution in [2.45, 2.75) is 17.3 Å². The summed E-state index contributed by atoms with van der Waals surface area (Å²) in [7, 11) is 1.95. The maximum Gasteiger partial charge on any atom is 0.156 e. The molecule has 0 spiro atoms. The molecule has 2 rings (SSSR count). The van der Waals surface area contributed by atoms with Gasteiger partial charge in [0, 0.05) is 12.7 Å². The molecule has 0 amide bonds. The number of fused-ring (bicyclic) bond motifs is 1. The van der Waals surface area contributed by atoms with E-state index in [9.17, 15) is 4.79 Å². The van der Waals surface area contributed by atoms with E-state index in [0.717, 1.165) is 24.8 Å². The maximum absolute atomic E-state index is 11.0. The van der Waals surface area contributed by atoms with Crippen LogP contribution in [0.3, 0.4) is 0 Å². The van der Waals surface area contributed by atoms with Crippen molar-refractivity contribution >= 4 is 27.9 Å². The number of anilines is 1. The summed E-state index contributed by atoms with van der Waals surface area (Å²) in [4.78, 5) is 13.0. The van der Waals surface area contributed by atoms with E-state index in [1.807, 2.05) is 30.1 Å². The van der Waals surface area contributed by atoms with E-state index in [4.69, 9.17) is 0 Å². The Morgan fingerprint density at radius 3 is 2.93 bits per heavy atom. The Kier molecular flexibility index (Phi) is 2.35. The van der Waals surface area contributed by atoms with E-state index >= 15 is 0 Å². The molecule has 1 aromatic rings. The highest BCUT2D eigenvalue weighted by Gasteiger charge is 2.35. The number of nitrogens with zero attached hydrogens (tertiary/aromatic N) is 1. The number of halogens is 1. The molecule has 1 atom stereocenters. The fourth-order valence-corrected chi connectivity index (χ4v) is 2.25. The lowest BCUT2D eigenvalue weighted by Crippen LogP contribution is -2.46. The molecule has 0 N–H and O–H groups in total. The minimum absolute atomic E-state index is 0.513. The largest absolute Gasteiger partial charge is 0.353 e. The van der Waals surface area contributed by atoms with Crippen molar-refractivity contribution in [3.05, 3.63) is 29.8 Å². The molecule has 1 unspecified atom stereocenters. The maximum atomic E-state index is 11.0. The van der Waals surface area contributed by atoms with E-state index in [1.54, 1.807) is 0 Å². The zero-order valence-corrected chi connectivity index (χ0v) is 9.62. The topological polar surface area (TPSA) is 20.3 Å². The average Bonchev–Trinajstić information content (AvgIpc) is 2.24. The summed E-state index contributed by atoms with van der Waals surface area (Å²) in [6.07, 6.45) is 2.75. The van der Waals surface area contributed by atoms with Crippen LogP contribution in [0.25, 0.3) is 0 Å². The van der Waals surface area contributed by atoms with Gasteiger partial charge in [-0.15, -0.1) is 0 Å². The quantitative estimate of drug-likeness (QED) is 0.435. The summed E-state index contributed by atoms with van der Waals surface area (Å²) in [5, 5.41) is 0. The number of carbonyl (C=O) groups is 1. The molecule has 0 radical (unpaired) electrons. The number of likely N-dealkylation sites (N-methyl/N-ethyl adjacent to an activating group) is 1. The molecule has 2 nitrogen and oxygen atoms in total. The first kappa shape index (κ1) is 9.71. The number of benzene rings is 1. The van der Waals surface area contributed by atoms with Crippen molar-refractivity contribution in [2.75, 3.05) is 11.9 Å². The molecule has 1 aliphatic heterocycles. The molecular weight excluding hydrogens is 242 g/mol. The monoisotopic (exact) mass is 253 g/mol. The second-order valence-corrected chi connectivity index (χ2v) is 5.00. The number of alkyl halides is 1. The van der Waals surface area contributed by atoms with E-state index in [0.29, 0.717) is 0 Å². The molecule has 3 heteroatoms. The van der Waals surface area contributed by atoms with E-state index in [1.165, 1.54) is 5.56 Å². The average molecular weight is 254 g/mol. The fourth-order valence-electron chi connectivity index (χ4n) is 1.87. The van der Waals surface area contributed by atoms with Crippen LogP contribution in [0.5, 0.6) is 0 Å². The van der Waals surface area contributed by atoms with Crippen LogP contribution >= 0.6 is 15.9 Å². The Balaban J connectivity index is 2.46. The Hall–Kier alpha value is -0.830. The van der Waals surface area contributed by atoms with Gasteiger partial charge in [-0.05, 0) is 24.5 Å². The van der Waals surface area contributed by atoms with Crippen LogP contribution in [0.4, 0.5) is 5.69 Å². The Bertz CT molecular complexity index is 366. The summed E-state index contributed by atoms with van der Waals surface area (Å²) in [5.74, 6) is 0. The first-order valence-corrected chi connectivity index (χ1v) is 5.44. The van der Waals surface area contributed by atoms with Crippen LogP contribution in [-0.4, -0.2) is 17.8 Å². The summed E-state index contributed by atoms with van der Waals surface area (Å²) < 4.78 is -0.513. The van der Waals surface area contributed by atoms with Crippen molar-refractivity contribution in [3.8, 4) is 0 Å². The van der Waals surface area contributed by atoms with Gasteiger partial charge in [-0.3, -0.25) is 4.79 Å². The first-order chi connectivity index (χ1) is 6.67. The van der Waals surface area contributed by atoms with Crippen LogP contribution in [0.1, 0.15) is 12.0 Å². The number of carbonyl (C=O) groups excluding carboxylic acids is 1. The molecule has 1 aromatic carbocycles. The fraction of sp³-hybridized carbons (Fsp3) is 0.364. The van der Waals surface area contributed by atoms with Crippen LogP contribution in [0.2, 0.25) is 0 Å². The standard InChI is InChI=1S/C11H12BrNO/c1-13-10-5-3-2-4-9(10)6-7-11(13,12)8-14/h2-5,8H,6-7H2,1H3. The van der Waals surface area contributed by atoms with Crippen LogP contribution in [0, 0.1) is 0 Å². The molecule has 0 fully saturated rings.